The third-order valence-corrected chi connectivity index (χ3v) is 11.1. The molecule has 0 aromatic heterocycles. The van der Waals surface area contributed by atoms with E-state index in [9.17, 15) is 9.36 Å². The van der Waals surface area contributed by atoms with Gasteiger partial charge in [-0.2, -0.15) is 0 Å². The van der Waals surface area contributed by atoms with Gasteiger partial charge in [-0.25, -0.2) is 0 Å². The summed E-state index contributed by atoms with van der Waals surface area (Å²) in [6.07, 6.45) is 4.20. The van der Waals surface area contributed by atoms with Crippen LogP contribution < -0.4 is 0 Å². The van der Waals surface area contributed by atoms with Crippen molar-refractivity contribution in [1.82, 2.24) is 4.90 Å². The molecule has 1 amide bonds. The number of nitrogens with zero attached hydrogens (tertiary/aromatic N) is 1. The summed E-state index contributed by atoms with van der Waals surface area (Å²) in [5.41, 5.74) is -0.0897. The summed E-state index contributed by atoms with van der Waals surface area (Å²) in [4.78, 5) is 13.6. The molecule has 1 saturated carbocycles. The lowest BCUT2D eigenvalue weighted by molar-refractivity contribution is -0.127. The van der Waals surface area contributed by atoms with E-state index in [1.807, 2.05) is 6.92 Å². The first-order valence-corrected chi connectivity index (χ1v) is 18.2. The predicted molar refractivity (Wildman–Crippen MR) is 110 cm³/mol. The van der Waals surface area contributed by atoms with Crippen LogP contribution in [0.4, 0.5) is 0 Å². The molecule has 1 aliphatic rings. The Morgan fingerprint density at radius 1 is 1.08 bits per heavy atom. The fourth-order valence-corrected chi connectivity index (χ4v) is 11.6. The Balaban J connectivity index is 3.18. The van der Waals surface area contributed by atoms with Crippen molar-refractivity contribution in [3.63, 3.8) is 0 Å². The number of hydrogen-bond acceptors (Lipinski definition) is 4. The summed E-state index contributed by atoms with van der Waals surface area (Å²) in [5.74, 6) is -0.0413. The predicted octanol–water partition coefficient (Wildman–Crippen LogP) is 5.10. The average molecular weight is 408 g/mol. The molecular formula is C17H38NO4PSi2. The lowest BCUT2D eigenvalue weighted by Gasteiger charge is -2.42. The third-order valence-electron chi connectivity index (χ3n) is 4.30. The van der Waals surface area contributed by atoms with E-state index < -0.39 is 24.0 Å². The molecule has 0 aliphatic heterocycles. The lowest BCUT2D eigenvalue weighted by Crippen LogP contribution is -2.44. The van der Waals surface area contributed by atoms with Crippen molar-refractivity contribution in [2.75, 3.05) is 12.8 Å². The number of carbonyl (C=O) groups excluding carboxylic acids is 1. The average Bonchev–Trinajstić information content (AvgIpc) is 2.41. The zero-order chi connectivity index (χ0) is 19.5. The quantitative estimate of drug-likeness (QED) is 0.415. The van der Waals surface area contributed by atoms with Crippen molar-refractivity contribution < 1.29 is 18.0 Å². The summed E-state index contributed by atoms with van der Waals surface area (Å²) < 4.78 is 26.9. The highest BCUT2D eigenvalue weighted by molar-refractivity contribution is 7.61. The Morgan fingerprint density at radius 2 is 1.64 bits per heavy atom. The van der Waals surface area contributed by atoms with Crippen LogP contribution in [0.1, 0.15) is 39.5 Å². The Hall–Kier alpha value is 0.0538. The van der Waals surface area contributed by atoms with Gasteiger partial charge in [-0.05, 0) is 59.0 Å². The molecule has 0 bridgehead atoms. The number of rotatable bonds is 8. The number of carbonyl (C=O) groups is 1. The standard InChI is InChI=1S/C17H38NO4PSi2/c1-9-18(15(2)19)14-23(20,22-25(6,7)8)17-13-11-10-12-16(17)21-24(3,4)5/h16-17H,9-14H2,1-8H3. The minimum Gasteiger partial charge on any atom is -0.414 e. The second-order valence-electron chi connectivity index (χ2n) is 9.07. The molecule has 3 unspecified atom stereocenters. The van der Waals surface area contributed by atoms with E-state index in [0.29, 0.717) is 6.54 Å². The zero-order valence-electron chi connectivity index (χ0n) is 17.4. The second-order valence-corrected chi connectivity index (χ2v) is 20.9. The molecule has 0 saturated heterocycles. The van der Waals surface area contributed by atoms with Gasteiger partial charge in [0.25, 0.3) is 0 Å². The Morgan fingerprint density at radius 3 is 2.08 bits per heavy atom. The maximum absolute atomic E-state index is 14.1. The van der Waals surface area contributed by atoms with Crippen molar-refractivity contribution >= 4 is 29.9 Å². The van der Waals surface area contributed by atoms with Crippen molar-refractivity contribution in [2.45, 2.75) is 90.6 Å². The van der Waals surface area contributed by atoms with Crippen LogP contribution in [0.3, 0.4) is 0 Å². The Kier molecular flexibility index (Phi) is 8.16. The first kappa shape index (κ1) is 23.1. The van der Waals surface area contributed by atoms with Gasteiger partial charge >= 0.3 is 0 Å². The van der Waals surface area contributed by atoms with Gasteiger partial charge in [0.1, 0.15) is 0 Å². The van der Waals surface area contributed by atoms with Crippen LogP contribution in [-0.4, -0.2) is 52.0 Å². The van der Waals surface area contributed by atoms with Crippen molar-refractivity contribution in [2.24, 2.45) is 0 Å². The van der Waals surface area contributed by atoms with Gasteiger partial charge in [-0.15, -0.1) is 0 Å². The monoisotopic (exact) mass is 407 g/mol. The van der Waals surface area contributed by atoms with Crippen LogP contribution in [-0.2, 0) is 18.0 Å². The summed E-state index contributed by atoms with van der Waals surface area (Å²) in [6, 6.07) is 0. The Bertz CT molecular complexity index is 502. The highest BCUT2D eigenvalue weighted by atomic mass is 31.2. The van der Waals surface area contributed by atoms with Crippen LogP contribution in [0.5, 0.6) is 0 Å². The van der Waals surface area contributed by atoms with Crippen molar-refractivity contribution in [1.29, 1.82) is 0 Å². The van der Waals surface area contributed by atoms with Gasteiger partial charge in [0, 0.05) is 13.5 Å². The van der Waals surface area contributed by atoms with Crippen molar-refractivity contribution in [3.05, 3.63) is 0 Å². The number of hydrogen-bond donors (Lipinski definition) is 0. The first-order valence-electron chi connectivity index (χ1n) is 9.50. The van der Waals surface area contributed by atoms with Gasteiger partial charge in [-0.3, -0.25) is 9.36 Å². The molecule has 0 radical (unpaired) electrons. The maximum atomic E-state index is 14.1. The van der Waals surface area contributed by atoms with Gasteiger partial charge in [0.05, 0.1) is 18.0 Å². The minimum atomic E-state index is -3.02. The minimum absolute atomic E-state index is 0.00624. The lowest BCUT2D eigenvalue weighted by atomic mass is 9.97. The molecule has 1 rings (SSSR count). The molecule has 5 nitrogen and oxygen atoms in total. The third kappa shape index (κ3) is 7.67. The molecule has 25 heavy (non-hydrogen) atoms. The van der Waals surface area contributed by atoms with E-state index in [-0.39, 0.29) is 24.0 Å². The van der Waals surface area contributed by atoms with Gasteiger partial charge < -0.3 is 13.5 Å². The van der Waals surface area contributed by atoms with Crippen LogP contribution in [0.15, 0.2) is 0 Å². The number of amides is 1. The van der Waals surface area contributed by atoms with Gasteiger partial charge in [0.15, 0.2) is 16.6 Å². The summed E-state index contributed by atoms with van der Waals surface area (Å²) in [7, 11) is -6.79. The molecule has 8 heteroatoms. The molecule has 0 spiro atoms. The zero-order valence-corrected chi connectivity index (χ0v) is 20.3. The first-order chi connectivity index (χ1) is 11.3. The summed E-state index contributed by atoms with van der Waals surface area (Å²) >= 11 is 0. The molecular weight excluding hydrogens is 369 g/mol. The van der Waals surface area contributed by atoms with E-state index in [0.717, 1.165) is 25.7 Å². The highest BCUT2D eigenvalue weighted by Crippen LogP contribution is 2.59. The summed E-state index contributed by atoms with van der Waals surface area (Å²) in [5, 5.41) is 0. The molecule has 0 aromatic rings. The molecule has 0 heterocycles. The molecule has 0 N–H and O–H groups in total. The highest BCUT2D eigenvalue weighted by Gasteiger charge is 2.46. The Labute approximate surface area is 156 Å². The fraction of sp³-hybridized carbons (Fsp3) is 0.941. The molecule has 1 fully saturated rings. The maximum Gasteiger partial charge on any atom is 0.219 e. The SMILES string of the molecule is CCN(CP(=O)(O[Si](C)(C)C)C1CCCCC1O[Si](C)(C)C)C(C)=O. The molecule has 3 atom stereocenters. The van der Waals surface area contributed by atoms with Crippen LogP contribution >= 0.6 is 7.37 Å². The smallest absolute Gasteiger partial charge is 0.219 e. The molecule has 0 aromatic carbocycles. The van der Waals surface area contributed by atoms with Crippen LogP contribution in [0.2, 0.25) is 39.3 Å². The van der Waals surface area contributed by atoms with E-state index in [1.54, 1.807) is 11.8 Å². The van der Waals surface area contributed by atoms with Crippen molar-refractivity contribution in [3.8, 4) is 0 Å². The van der Waals surface area contributed by atoms with E-state index in [4.69, 9.17) is 8.64 Å². The van der Waals surface area contributed by atoms with E-state index in [1.165, 1.54) is 0 Å². The largest absolute Gasteiger partial charge is 0.414 e. The van der Waals surface area contributed by atoms with Crippen LogP contribution in [0.25, 0.3) is 0 Å². The van der Waals surface area contributed by atoms with E-state index in [2.05, 4.69) is 39.3 Å². The van der Waals surface area contributed by atoms with Gasteiger partial charge in [-0.1, -0.05) is 12.8 Å². The molecule has 1 aliphatic carbocycles. The van der Waals surface area contributed by atoms with Gasteiger partial charge in [0.2, 0.25) is 13.3 Å². The second kappa shape index (κ2) is 8.83. The van der Waals surface area contributed by atoms with Crippen LogP contribution in [0, 0.1) is 0 Å². The summed E-state index contributed by atoms with van der Waals surface area (Å²) in [6.45, 7) is 16.8. The molecule has 148 valence electrons. The topological polar surface area (TPSA) is 55.8 Å². The normalized spacial score (nSPS) is 24.6. The fourth-order valence-electron chi connectivity index (χ4n) is 3.44. The van der Waals surface area contributed by atoms with E-state index >= 15 is 0 Å².